The number of carbonyl (C=O) groups excluding carboxylic acids is 1. The van der Waals surface area contributed by atoms with E-state index in [2.05, 4.69) is 10.2 Å². The lowest BCUT2D eigenvalue weighted by Gasteiger charge is -2.33. The van der Waals surface area contributed by atoms with Gasteiger partial charge in [-0.3, -0.25) is 9.36 Å². The first-order valence-electron chi connectivity index (χ1n) is 8.56. The molecule has 5 rings (SSSR count). The first kappa shape index (κ1) is 15.4. The average Bonchev–Trinajstić information content (AvgIpc) is 3.35. The van der Waals surface area contributed by atoms with Gasteiger partial charge in [-0.1, -0.05) is 6.07 Å². The van der Waals surface area contributed by atoms with Gasteiger partial charge in [-0.2, -0.15) is 5.10 Å². The summed E-state index contributed by atoms with van der Waals surface area (Å²) in [6, 6.07) is 5.56. The molecule has 2 aromatic rings. The van der Waals surface area contributed by atoms with Gasteiger partial charge in [0.05, 0.1) is 19.5 Å². The number of nitrogens with one attached hydrogen (secondary N) is 1. The third kappa shape index (κ3) is 2.47. The summed E-state index contributed by atoms with van der Waals surface area (Å²) in [5.74, 6) is 2.02. The number of likely N-dealkylation sites (tertiary alicyclic amines) is 1. The lowest BCUT2D eigenvalue weighted by Crippen LogP contribution is -2.47. The zero-order valence-electron chi connectivity index (χ0n) is 14.1. The molecule has 1 amide bonds. The molecule has 1 aromatic heterocycles. The average molecular weight is 358 g/mol. The quantitative estimate of drug-likeness (QED) is 0.814. The van der Waals surface area contributed by atoms with Crippen LogP contribution in [-0.2, 0) is 29.1 Å². The summed E-state index contributed by atoms with van der Waals surface area (Å²) in [4.78, 5) is 26.4. The second-order valence-corrected chi connectivity index (χ2v) is 6.93. The van der Waals surface area contributed by atoms with Crippen molar-refractivity contribution in [1.29, 1.82) is 0 Å². The number of carbonyl (C=O) groups is 1. The molecule has 1 N–H and O–H groups in total. The molecule has 4 heterocycles. The van der Waals surface area contributed by atoms with Gasteiger partial charge >= 0.3 is 5.69 Å². The Balaban J connectivity index is 1.28. The molecule has 1 saturated heterocycles. The van der Waals surface area contributed by atoms with Crippen LogP contribution in [0.4, 0.5) is 0 Å². The standard InChI is InChI=1S/C17H18N4O5/c22-15(6-11-1-2-12-13(5-11)25-10-24-12)20-4-3-17(8-20)9-21-14(7-26-17)18-19-16(21)23/h1-2,5H,3-4,6-10H2,(H,19,23). The third-order valence-corrected chi connectivity index (χ3v) is 5.25. The number of fused-ring (bicyclic) bond motifs is 2. The Morgan fingerprint density at radius 3 is 3.08 bits per heavy atom. The molecule has 3 aliphatic rings. The minimum absolute atomic E-state index is 0.0367. The van der Waals surface area contributed by atoms with Gasteiger partial charge in [-0.15, -0.1) is 0 Å². The van der Waals surface area contributed by atoms with E-state index in [0.29, 0.717) is 49.8 Å². The molecule has 0 saturated carbocycles. The summed E-state index contributed by atoms with van der Waals surface area (Å²) in [7, 11) is 0. The van der Waals surface area contributed by atoms with Crippen LogP contribution in [0.2, 0.25) is 0 Å². The summed E-state index contributed by atoms with van der Waals surface area (Å²) in [5, 5.41) is 6.39. The van der Waals surface area contributed by atoms with E-state index in [1.165, 1.54) is 0 Å². The Labute approximate surface area is 148 Å². The number of nitrogens with zero attached hydrogens (tertiary/aromatic N) is 3. The van der Waals surface area contributed by atoms with Crippen molar-refractivity contribution in [3.05, 3.63) is 40.1 Å². The Hall–Kier alpha value is -2.81. The molecular weight excluding hydrogens is 340 g/mol. The molecule has 1 spiro atoms. The number of ether oxygens (including phenoxy) is 3. The number of rotatable bonds is 2. The van der Waals surface area contributed by atoms with Crippen molar-refractivity contribution < 1.29 is 19.0 Å². The second-order valence-electron chi connectivity index (χ2n) is 6.93. The van der Waals surface area contributed by atoms with E-state index in [1.807, 2.05) is 18.2 Å². The van der Waals surface area contributed by atoms with Gasteiger partial charge in [0.15, 0.2) is 17.3 Å². The highest BCUT2D eigenvalue weighted by Gasteiger charge is 2.44. The van der Waals surface area contributed by atoms with Crippen molar-refractivity contribution in [3.8, 4) is 11.5 Å². The predicted molar refractivity (Wildman–Crippen MR) is 87.8 cm³/mol. The number of amides is 1. The minimum atomic E-state index is -0.509. The number of aromatic nitrogens is 3. The van der Waals surface area contributed by atoms with Gasteiger partial charge in [0, 0.05) is 6.54 Å². The molecule has 1 unspecified atom stereocenters. The van der Waals surface area contributed by atoms with Gasteiger partial charge in [0.1, 0.15) is 12.2 Å². The first-order valence-corrected chi connectivity index (χ1v) is 8.56. The van der Waals surface area contributed by atoms with E-state index < -0.39 is 5.60 Å². The molecule has 0 radical (unpaired) electrons. The van der Waals surface area contributed by atoms with E-state index in [0.717, 1.165) is 5.56 Å². The highest BCUT2D eigenvalue weighted by molar-refractivity contribution is 5.79. The van der Waals surface area contributed by atoms with Crippen LogP contribution >= 0.6 is 0 Å². The van der Waals surface area contributed by atoms with Crippen molar-refractivity contribution in [3.63, 3.8) is 0 Å². The monoisotopic (exact) mass is 358 g/mol. The van der Waals surface area contributed by atoms with Crippen LogP contribution in [0.15, 0.2) is 23.0 Å². The third-order valence-electron chi connectivity index (χ3n) is 5.25. The highest BCUT2D eigenvalue weighted by atomic mass is 16.7. The Morgan fingerprint density at radius 1 is 1.27 bits per heavy atom. The van der Waals surface area contributed by atoms with E-state index in [4.69, 9.17) is 14.2 Å². The van der Waals surface area contributed by atoms with Crippen molar-refractivity contribution in [2.45, 2.75) is 31.6 Å². The summed E-state index contributed by atoms with van der Waals surface area (Å²) in [6.07, 6.45) is 1.00. The Morgan fingerprint density at radius 2 is 2.15 bits per heavy atom. The molecule has 3 aliphatic heterocycles. The van der Waals surface area contributed by atoms with Crippen LogP contribution in [0, 0.1) is 0 Å². The van der Waals surface area contributed by atoms with Gasteiger partial charge < -0.3 is 19.1 Å². The fraction of sp³-hybridized carbons (Fsp3) is 0.471. The number of aromatic amines is 1. The van der Waals surface area contributed by atoms with Crippen LogP contribution in [0.1, 0.15) is 17.8 Å². The molecule has 1 fully saturated rings. The van der Waals surface area contributed by atoms with Crippen LogP contribution in [0.3, 0.4) is 0 Å². The van der Waals surface area contributed by atoms with E-state index in [-0.39, 0.29) is 25.0 Å². The molecule has 9 heteroatoms. The molecule has 26 heavy (non-hydrogen) atoms. The molecule has 1 aromatic carbocycles. The Bertz CT molecular complexity index is 935. The summed E-state index contributed by atoms with van der Waals surface area (Å²) >= 11 is 0. The maximum Gasteiger partial charge on any atom is 0.343 e. The molecular formula is C17H18N4O5. The van der Waals surface area contributed by atoms with Gasteiger partial charge in [-0.25, -0.2) is 9.89 Å². The summed E-state index contributed by atoms with van der Waals surface area (Å²) in [6.45, 7) is 2.02. The summed E-state index contributed by atoms with van der Waals surface area (Å²) < 4.78 is 18.3. The van der Waals surface area contributed by atoms with Gasteiger partial charge in [0.25, 0.3) is 0 Å². The minimum Gasteiger partial charge on any atom is -0.454 e. The van der Waals surface area contributed by atoms with Crippen LogP contribution in [0.25, 0.3) is 0 Å². The number of hydrogen-bond acceptors (Lipinski definition) is 6. The number of H-pyrrole nitrogens is 1. The van der Waals surface area contributed by atoms with Gasteiger partial charge in [0.2, 0.25) is 12.7 Å². The molecule has 136 valence electrons. The van der Waals surface area contributed by atoms with Crippen LogP contribution < -0.4 is 15.2 Å². The highest BCUT2D eigenvalue weighted by Crippen LogP contribution is 2.34. The summed E-state index contributed by atoms with van der Waals surface area (Å²) in [5.41, 5.74) is 0.150. The first-order chi connectivity index (χ1) is 12.6. The van der Waals surface area contributed by atoms with Crippen molar-refractivity contribution in [2.75, 3.05) is 19.9 Å². The number of hydrogen-bond donors (Lipinski definition) is 1. The topological polar surface area (TPSA) is 98.7 Å². The fourth-order valence-corrected chi connectivity index (χ4v) is 3.82. The second kappa shape index (κ2) is 5.60. The van der Waals surface area contributed by atoms with E-state index in [1.54, 1.807) is 9.47 Å². The molecule has 9 nitrogen and oxygen atoms in total. The van der Waals surface area contributed by atoms with Crippen LogP contribution in [0.5, 0.6) is 11.5 Å². The lowest BCUT2D eigenvalue weighted by atomic mass is 10.0. The molecule has 1 atom stereocenters. The SMILES string of the molecule is O=C(Cc1ccc2c(c1)OCO2)N1CCC2(C1)Cn1c(n[nH]c1=O)CO2. The van der Waals surface area contributed by atoms with Crippen molar-refractivity contribution in [2.24, 2.45) is 0 Å². The molecule has 0 bridgehead atoms. The van der Waals surface area contributed by atoms with Crippen LogP contribution in [-0.4, -0.2) is 51.1 Å². The maximum atomic E-state index is 12.7. The maximum absolute atomic E-state index is 12.7. The largest absolute Gasteiger partial charge is 0.454 e. The predicted octanol–water partition coefficient (Wildman–Crippen LogP) is 0.0441. The zero-order chi connectivity index (χ0) is 17.7. The smallest absolute Gasteiger partial charge is 0.343 e. The fourth-order valence-electron chi connectivity index (χ4n) is 3.82. The van der Waals surface area contributed by atoms with E-state index >= 15 is 0 Å². The lowest BCUT2D eigenvalue weighted by molar-refractivity contribution is -0.132. The van der Waals surface area contributed by atoms with Gasteiger partial charge in [-0.05, 0) is 24.1 Å². The molecule has 0 aliphatic carbocycles. The Kier molecular flexibility index (Phi) is 3.33. The number of benzene rings is 1. The van der Waals surface area contributed by atoms with Crippen molar-refractivity contribution >= 4 is 5.91 Å². The van der Waals surface area contributed by atoms with E-state index in [9.17, 15) is 9.59 Å². The van der Waals surface area contributed by atoms with Crippen molar-refractivity contribution in [1.82, 2.24) is 19.7 Å². The zero-order valence-corrected chi connectivity index (χ0v) is 14.1. The normalized spacial score (nSPS) is 23.5.